The molecule has 0 saturated carbocycles. The van der Waals surface area contributed by atoms with Crippen LogP contribution in [0.5, 0.6) is 0 Å². The van der Waals surface area contributed by atoms with Gasteiger partial charge in [-0.3, -0.25) is 9.97 Å². The van der Waals surface area contributed by atoms with E-state index < -0.39 is 0 Å². The van der Waals surface area contributed by atoms with Gasteiger partial charge in [0.25, 0.3) is 0 Å². The van der Waals surface area contributed by atoms with Gasteiger partial charge >= 0.3 is 0 Å². The van der Waals surface area contributed by atoms with E-state index in [4.69, 9.17) is 21.3 Å². The molecule has 7 heteroatoms. The Morgan fingerprint density at radius 2 is 1.77 bits per heavy atom. The van der Waals surface area contributed by atoms with Crippen molar-refractivity contribution in [3.8, 4) is 0 Å². The third-order valence-electron chi connectivity index (χ3n) is 4.26. The molecule has 1 aromatic carbocycles. The first-order valence-electron chi connectivity index (χ1n) is 9.58. The van der Waals surface area contributed by atoms with Gasteiger partial charge in [-0.25, -0.2) is 0 Å². The van der Waals surface area contributed by atoms with Crippen LogP contribution in [-0.4, -0.2) is 35.1 Å². The van der Waals surface area contributed by atoms with Crippen molar-refractivity contribution < 1.29 is 9.68 Å². The second kappa shape index (κ2) is 11.1. The van der Waals surface area contributed by atoms with Crippen LogP contribution in [0.2, 0.25) is 5.02 Å². The van der Waals surface area contributed by atoms with Crippen molar-refractivity contribution in [2.45, 2.75) is 19.8 Å². The number of hydrogen-bond donors (Lipinski definition) is 0. The summed E-state index contributed by atoms with van der Waals surface area (Å²) in [5.74, 6) is 0. The minimum atomic E-state index is 0.459. The quantitative estimate of drug-likeness (QED) is 0.279. The first-order chi connectivity index (χ1) is 14.7. The molecule has 3 rings (SSSR count). The van der Waals surface area contributed by atoms with Gasteiger partial charge < -0.3 is 9.68 Å². The Morgan fingerprint density at radius 3 is 2.50 bits per heavy atom. The molecule has 0 aliphatic carbocycles. The largest absolute Gasteiger partial charge is 0.399 e. The number of oxime groups is 2. The summed E-state index contributed by atoms with van der Waals surface area (Å²) < 4.78 is 0. The Labute approximate surface area is 181 Å². The lowest BCUT2D eigenvalue weighted by atomic mass is 10.1. The van der Waals surface area contributed by atoms with E-state index >= 15 is 0 Å². The monoisotopic (exact) mass is 422 g/mol. The SMILES string of the molecule is CO/N=C(\C)c1cccc(CCCO/N=C(\c2ccc(Cl)cc2)c2ccccn2)n1. The lowest BCUT2D eigenvalue weighted by molar-refractivity contribution is 0.142. The predicted octanol–water partition coefficient (Wildman–Crippen LogP) is 4.90. The molecular weight excluding hydrogens is 400 g/mol. The summed E-state index contributed by atoms with van der Waals surface area (Å²) in [6.07, 6.45) is 3.27. The fraction of sp³-hybridized carbons (Fsp3) is 0.217. The van der Waals surface area contributed by atoms with Crippen LogP contribution in [0.3, 0.4) is 0 Å². The van der Waals surface area contributed by atoms with Crippen LogP contribution in [0.25, 0.3) is 0 Å². The molecule has 0 aliphatic rings. The van der Waals surface area contributed by atoms with Gasteiger partial charge in [0.1, 0.15) is 25.1 Å². The number of hydrogen-bond acceptors (Lipinski definition) is 6. The minimum Gasteiger partial charge on any atom is -0.399 e. The molecule has 154 valence electrons. The molecule has 0 fully saturated rings. The summed E-state index contributed by atoms with van der Waals surface area (Å²) in [6.45, 7) is 2.32. The smallest absolute Gasteiger partial charge is 0.135 e. The van der Waals surface area contributed by atoms with E-state index in [1.165, 1.54) is 7.11 Å². The lowest BCUT2D eigenvalue weighted by Gasteiger charge is -2.07. The fourth-order valence-electron chi connectivity index (χ4n) is 2.79. The maximum atomic E-state index is 6.01. The van der Waals surface area contributed by atoms with Crippen LogP contribution in [0, 0.1) is 0 Å². The highest BCUT2D eigenvalue weighted by atomic mass is 35.5. The number of aryl methyl sites for hydroxylation is 1. The van der Waals surface area contributed by atoms with Gasteiger partial charge in [-0.1, -0.05) is 46.2 Å². The van der Waals surface area contributed by atoms with E-state index in [0.29, 0.717) is 17.3 Å². The highest BCUT2D eigenvalue weighted by molar-refractivity contribution is 6.30. The summed E-state index contributed by atoms with van der Waals surface area (Å²) in [6, 6.07) is 19.0. The van der Waals surface area contributed by atoms with Crippen molar-refractivity contribution in [2.24, 2.45) is 10.3 Å². The maximum Gasteiger partial charge on any atom is 0.135 e. The molecule has 0 radical (unpaired) electrons. The summed E-state index contributed by atoms with van der Waals surface area (Å²) in [4.78, 5) is 19.4. The zero-order valence-corrected chi connectivity index (χ0v) is 17.7. The van der Waals surface area contributed by atoms with Crippen molar-refractivity contribution in [3.05, 3.63) is 94.5 Å². The zero-order chi connectivity index (χ0) is 21.2. The maximum absolute atomic E-state index is 6.01. The van der Waals surface area contributed by atoms with E-state index in [1.54, 1.807) is 6.20 Å². The number of rotatable bonds is 9. The molecule has 0 bridgehead atoms. The van der Waals surface area contributed by atoms with E-state index in [9.17, 15) is 0 Å². The number of nitrogens with zero attached hydrogens (tertiary/aromatic N) is 4. The van der Waals surface area contributed by atoms with Gasteiger partial charge in [0, 0.05) is 22.5 Å². The molecule has 0 saturated heterocycles. The molecule has 0 unspecified atom stereocenters. The van der Waals surface area contributed by atoms with Crippen molar-refractivity contribution in [1.82, 2.24) is 9.97 Å². The molecule has 0 amide bonds. The zero-order valence-electron chi connectivity index (χ0n) is 17.0. The summed E-state index contributed by atoms with van der Waals surface area (Å²) in [5.41, 5.74) is 4.80. The molecular formula is C23H23ClN4O2. The van der Waals surface area contributed by atoms with Crippen LogP contribution >= 0.6 is 11.6 Å². The van der Waals surface area contributed by atoms with Crippen molar-refractivity contribution in [3.63, 3.8) is 0 Å². The first-order valence-corrected chi connectivity index (χ1v) is 9.96. The average molecular weight is 423 g/mol. The van der Waals surface area contributed by atoms with Gasteiger partial charge in [-0.05, 0) is 56.2 Å². The normalized spacial score (nSPS) is 12.0. The number of aromatic nitrogens is 2. The van der Waals surface area contributed by atoms with E-state index in [1.807, 2.05) is 67.6 Å². The Hall–Kier alpha value is -3.25. The highest BCUT2D eigenvalue weighted by Gasteiger charge is 2.09. The molecule has 2 aromatic heterocycles. The second-order valence-corrected chi connectivity index (χ2v) is 6.91. The van der Waals surface area contributed by atoms with E-state index in [0.717, 1.165) is 41.2 Å². The molecule has 0 spiro atoms. The number of halogens is 1. The van der Waals surface area contributed by atoms with Crippen molar-refractivity contribution in [2.75, 3.05) is 13.7 Å². The van der Waals surface area contributed by atoms with E-state index in [-0.39, 0.29) is 0 Å². The highest BCUT2D eigenvalue weighted by Crippen LogP contribution is 2.14. The van der Waals surface area contributed by atoms with Gasteiger partial charge in [-0.15, -0.1) is 0 Å². The summed E-state index contributed by atoms with van der Waals surface area (Å²) in [5, 5.41) is 8.94. The van der Waals surface area contributed by atoms with Crippen molar-refractivity contribution >= 4 is 23.0 Å². The Kier molecular flexibility index (Phi) is 7.92. The van der Waals surface area contributed by atoms with E-state index in [2.05, 4.69) is 20.3 Å². The van der Waals surface area contributed by atoms with Crippen LogP contribution < -0.4 is 0 Å². The molecule has 3 aromatic rings. The van der Waals surface area contributed by atoms with Crippen LogP contribution in [-0.2, 0) is 16.1 Å². The lowest BCUT2D eigenvalue weighted by Crippen LogP contribution is -2.07. The van der Waals surface area contributed by atoms with Crippen LogP contribution in [0.1, 0.15) is 36.0 Å². The third kappa shape index (κ3) is 6.12. The fourth-order valence-corrected chi connectivity index (χ4v) is 2.92. The summed E-state index contributed by atoms with van der Waals surface area (Å²) in [7, 11) is 1.52. The van der Waals surface area contributed by atoms with Gasteiger partial charge in [-0.2, -0.15) is 0 Å². The standard InChI is InChI=1S/C23H23ClN4O2/c1-17(27-29-2)21-10-5-7-20(26-21)8-6-16-30-28-23(22-9-3-4-15-25-22)18-11-13-19(24)14-12-18/h3-5,7,9-15H,6,8,16H2,1-2H3/b27-17+,28-23+. The van der Waals surface area contributed by atoms with Gasteiger partial charge in [0.05, 0.1) is 11.4 Å². The van der Waals surface area contributed by atoms with Crippen LogP contribution in [0.15, 0.2) is 77.2 Å². The third-order valence-corrected chi connectivity index (χ3v) is 4.51. The number of pyridine rings is 2. The average Bonchev–Trinajstić information content (AvgIpc) is 2.78. The van der Waals surface area contributed by atoms with Gasteiger partial charge in [0.2, 0.25) is 0 Å². The predicted molar refractivity (Wildman–Crippen MR) is 119 cm³/mol. The molecule has 0 atom stereocenters. The summed E-state index contributed by atoms with van der Waals surface area (Å²) >= 11 is 6.01. The van der Waals surface area contributed by atoms with Crippen LogP contribution in [0.4, 0.5) is 0 Å². The Balaban J connectivity index is 1.63. The molecule has 0 N–H and O–H groups in total. The minimum absolute atomic E-state index is 0.459. The van der Waals surface area contributed by atoms with Gasteiger partial charge in [0.15, 0.2) is 0 Å². The first kappa shape index (κ1) is 21.5. The Morgan fingerprint density at radius 1 is 0.967 bits per heavy atom. The Bertz CT molecular complexity index is 1010. The number of benzene rings is 1. The molecule has 30 heavy (non-hydrogen) atoms. The topological polar surface area (TPSA) is 69.0 Å². The van der Waals surface area contributed by atoms with Crippen molar-refractivity contribution in [1.29, 1.82) is 0 Å². The molecule has 6 nitrogen and oxygen atoms in total. The second-order valence-electron chi connectivity index (χ2n) is 6.47. The molecule has 2 heterocycles. The molecule has 0 aliphatic heterocycles.